The van der Waals surface area contributed by atoms with E-state index in [0.717, 1.165) is 35.9 Å². The molecule has 0 bridgehead atoms. The summed E-state index contributed by atoms with van der Waals surface area (Å²) in [6.07, 6.45) is 2.70. The van der Waals surface area contributed by atoms with Crippen LogP contribution in [0.3, 0.4) is 0 Å². The molecule has 1 aliphatic rings. The topological polar surface area (TPSA) is 75.3 Å². The van der Waals surface area contributed by atoms with Crippen LogP contribution in [0.15, 0.2) is 51.8 Å². The second-order valence-corrected chi connectivity index (χ2v) is 10.2. The maximum Gasteiger partial charge on any atom is 0.255 e. The maximum absolute atomic E-state index is 14.4. The highest BCUT2D eigenvalue weighted by Gasteiger charge is 2.32. The van der Waals surface area contributed by atoms with Crippen molar-refractivity contribution in [2.24, 2.45) is 11.8 Å². The number of hydrogen-bond acceptors (Lipinski definition) is 3. The van der Waals surface area contributed by atoms with Crippen LogP contribution in [0.5, 0.6) is 0 Å². The number of rotatable bonds is 5. The van der Waals surface area contributed by atoms with E-state index < -0.39 is 26.6 Å². The molecule has 3 rings (SSSR count). The molecular weight excluding hydrogens is 459 g/mol. The summed E-state index contributed by atoms with van der Waals surface area (Å²) in [5.74, 6) is -0.840. The van der Waals surface area contributed by atoms with Crippen LogP contribution in [-0.2, 0) is 10.0 Å². The number of amides is 1. The Bertz CT molecular complexity index is 995. The fourth-order valence-corrected chi connectivity index (χ4v) is 5.33. The van der Waals surface area contributed by atoms with E-state index in [-0.39, 0.29) is 17.5 Å². The van der Waals surface area contributed by atoms with Crippen molar-refractivity contribution in [1.82, 2.24) is 4.72 Å². The van der Waals surface area contributed by atoms with Gasteiger partial charge in [0.25, 0.3) is 5.91 Å². The van der Waals surface area contributed by atoms with Gasteiger partial charge in [0.2, 0.25) is 10.0 Å². The molecule has 2 aromatic carbocycles. The lowest BCUT2D eigenvalue weighted by molar-refractivity contribution is 0.102. The highest BCUT2D eigenvalue weighted by Crippen LogP contribution is 2.31. The summed E-state index contributed by atoms with van der Waals surface area (Å²) in [5, 5.41) is 2.68. The monoisotopic (exact) mass is 482 g/mol. The summed E-state index contributed by atoms with van der Waals surface area (Å²) < 4.78 is 43.6. The summed E-state index contributed by atoms with van der Waals surface area (Å²) >= 11 is 3.32. The highest BCUT2D eigenvalue weighted by atomic mass is 79.9. The molecule has 1 fully saturated rings. The number of hydrogen-bond donors (Lipinski definition) is 2. The number of halogens is 2. The molecule has 5 nitrogen and oxygen atoms in total. The van der Waals surface area contributed by atoms with Gasteiger partial charge in [0.1, 0.15) is 10.7 Å². The minimum atomic E-state index is -4.09. The summed E-state index contributed by atoms with van der Waals surface area (Å²) in [7, 11) is -4.09. The molecule has 0 unspecified atom stereocenters. The van der Waals surface area contributed by atoms with Crippen LogP contribution >= 0.6 is 15.9 Å². The van der Waals surface area contributed by atoms with Crippen molar-refractivity contribution >= 4 is 37.5 Å². The van der Waals surface area contributed by atoms with Crippen molar-refractivity contribution < 1.29 is 17.6 Å². The molecule has 1 aliphatic carbocycles. The molecule has 29 heavy (non-hydrogen) atoms. The SMILES string of the molecule is C[C@H]1[C@H](C)CCC[C@@H]1NS(=O)(=O)c1cc(C(=O)Nc2ccc(Br)cc2)ccc1F. The van der Waals surface area contributed by atoms with E-state index in [0.29, 0.717) is 11.6 Å². The molecule has 0 spiro atoms. The molecule has 1 saturated carbocycles. The summed E-state index contributed by atoms with van der Waals surface area (Å²) in [4.78, 5) is 12.0. The van der Waals surface area contributed by atoms with Crippen molar-refractivity contribution in [3.63, 3.8) is 0 Å². The van der Waals surface area contributed by atoms with E-state index in [1.54, 1.807) is 24.3 Å². The first-order valence-electron chi connectivity index (χ1n) is 9.56. The average molecular weight is 483 g/mol. The van der Waals surface area contributed by atoms with E-state index in [1.807, 2.05) is 6.92 Å². The molecule has 2 N–H and O–H groups in total. The van der Waals surface area contributed by atoms with Crippen LogP contribution in [0, 0.1) is 17.7 Å². The number of carbonyl (C=O) groups excluding carboxylic acids is 1. The Morgan fingerprint density at radius 3 is 2.48 bits per heavy atom. The number of carbonyl (C=O) groups is 1. The standard InChI is InChI=1S/C21H24BrFN2O3S/c1-13-4-3-5-19(14(13)2)25-29(27,28)20-12-15(6-11-18(20)23)21(26)24-17-9-7-16(22)8-10-17/h6-14,19,25H,3-5H2,1-2H3,(H,24,26)/t13-,14+,19+/m1/s1. The quantitative estimate of drug-likeness (QED) is 0.633. The first kappa shape index (κ1) is 21.9. The average Bonchev–Trinajstić information content (AvgIpc) is 2.67. The van der Waals surface area contributed by atoms with Crippen LogP contribution in [0.25, 0.3) is 0 Å². The van der Waals surface area contributed by atoms with Gasteiger partial charge in [-0.1, -0.05) is 42.6 Å². The number of nitrogens with one attached hydrogen (secondary N) is 2. The number of benzene rings is 2. The smallest absolute Gasteiger partial charge is 0.255 e. The summed E-state index contributed by atoms with van der Waals surface area (Å²) in [5.41, 5.74) is 0.620. The molecule has 3 atom stereocenters. The van der Waals surface area contributed by atoms with Gasteiger partial charge in [0.05, 0.1) is 0 Å². The van der Waals surface area contributed by atoms with E-state index in [1.165, 1.54) is 6.07 Å². The Balaban J connectivity index is 1.82. The largest absolute Gasteiger partial charge is 0.322 e. The molecule has 0 aliphatic heterocycles. The van der Waals surface area contributed by atoms with Gasteiger partial charge in [-0.05, 0) is 60.7 Å². The third-order valence-corrected chi connectivity index (χ3v) is 7.63. The molecule has 8 heteroatoms. The molecule has 0 heterocycles. The van der Waals surface area contributed by atoms with Gasteiger partial charge in [-0.2, -0.15) is 0 Å². The van der Waals surface area contributed by atoms with E-state index in [9.17, 15) is 17.6 Å². The Morgan fingerprint density at radius 2 is 1.79 bits per heavy atom. The van der Waals surface area contributed by atoms with Gasteiger partial charge in [-0.25, -0.2) is 17.5 Å². The second kappa shape index (κ2) is 8.93. The zero-order valence-corrected chi connectivity index (χ0v) is 18.7. The third-order valence-electron chi connectivity index (χ3n) is 5.60. The molecule has 156 valence electrons. The lowest BCUT2D eigenvalue weighted by Gasteiger charge is -2.34. The predicted octanol–water partition coefficient (Wildman–Crippen LogP) is 4.94. The van der Waals surface area contributed by atoms with E-state index in [2.05, 4.69) is 32.9 Å². The van der Waals surface area contributed by atoms with Crippen molar-refractivity contribution in [2.75, 3.05) is 5.32 Å². The normalized spacial score (nSPS) is 22.3. The first-order valence-corrected chi connectivity index (χ1v) is 11.8. The van der Waals surface area contributed by atoms with Gasteiger partial charge in [0, 0.05) is 21.8 Å². The van der Waals surface area contributed by atoms with Gasteiger partial charge in [0.15, 0.2) is 0 Å². The Kier molecular flexibility index (Phi) is 6.76. The number of sulfonamides is 1. The van der Waals surface area contributed by atoms with Gasteiger partial charge in [-0.3, -0.25) is 4.79 Å². The zero-order valence-electron chi connectivity index (χ0n) is 16.3. The number of anilines is 1. The first-order chi connectivity index (χ1) is 13.7. The van der Waals surface area contributed by atoms with Crippen molar-refractivity contribution in [3.8, 4) is 0 Å². The van der Waals surface area contributed by atoms with Gasteiger partial charge < -0.3 is 5.32 Å². The minimum Gasteiger partial charge on any atom is -0.322 e. The predicted molar refractivity (Wildman–Crippen MR) is 115 cm³/mol. The zero-order chi connectivity index (χ0) is 21.2. The molecule has 1 amide bonds. The molecule has 0 saturated heterocycles. The maximum atomic E-state index is 14.4. The fourth-order valence-electron chi connectivity index (χ4n) is 3.60. The van der Waals surface area contributed by atoms with Crippen LogP contribution in [0.1, 0.15) is 43.5 Å². The van der Waals surface area contributed by atoms with Gasteiger partial charge in [-0.15, -0.1) is 0 Å². The summed E-state index contributed by atoms with van der Waals surface area (Å²) in [6.45, 7) is 4.11. The lowest BCUT2D eigenvalue weighted by Crippen LogP contribution is -2.43. The van der Waals surface area contributed by atoms with Crippen molar-refractivity contribution in [1.29, 1.82) is 0 Å². The molecule has 0 aromatic heterocycles. The fraction of sp³-hybridized carbons (Fsp3) is 0.381. The molecule has 2 aromatic rings. The van der Waals surface area contributed by atoms with E-state index >= 15 is 0 Å². The Labute approximate surface area is 179 Å². The Hall–Kier alpha value is -1.77. The van der Waals surface area contributed by atoms with Crippen LogP contribution in [0.4, 0.5) is 10.1 Å². The van der Waals surface area contributed by atoms with Crippen LogP contribution < -0.4 is 10.0 Å². The van der Waals surface area contributed by atoms with Crippen molar-refractivity contribution in [3.05, 3.63) is 58.3 Å². The van der Waals surface area contributed by atoms with E-state index in [4.69, 9.17) is 0 Å². The third kappa shape index (κ3) is 5.24. The summed E-state index contributed by atoms with van der Waals surface area (Å²) in [6, 6.07) is 10.1. The second-order valence-electron chi connectivity index (χ2n) is 7.60. The van der Waals surface area contributed by atoms with Crippen LogP contribution in [0.2, 0.25) is 0 Å². The highest BCUT2D eigenvalue weighted by molar-refractivity contribution is 9.10. The lowest BCUT2D eigenvalue weighted by atomic mass is 9.78. The van der Waals surface area contributed by atoms with Crippen molar-refractivity contribution in [2.45, 2.75) is 44.0 Å². The molecular formula is C21H24BrFN2O3S. The minimum absolute atomic E-state index is 0.0692. The van der Waals surface area contributed by atoms with Gasteiger partial charge >= 0.3 is 0 Å². The molecule has 0 radical (unpaired) electrons. The Morgan fingerprint density at radius 1 is 1.10 bits per heavy atom. The van der Waals surface area contributed by atoms with Crippen LogP contribution in [-0.4, -0.2) is 20.4 Å².